The van der Waals surface area contributed by atoms with Crippen molar-refractivity contribution in [1.82, 2.24) is 9.47 Å². The van der Waals surface area contributed by atoms with Crippen LogP contribution in [0.5, 0.6) is 5.75 Å². The number of hydrogen-bond acceptors (Lipinski definition) is 8. The number of amides is 1. The third-order valence-corrected chi connectivity index (χ3v) is 9.75. The van der Waals surface area contributed by atoms with Crippen molar-refractivity contribution in [3.05, 3.63) is 37.7 Å². The molecule has 2 aliphatic rings. The van der Waals surface area contributed by atoms with Gasteiger partial charge in [-0.15, -0.1) is 11.3 Å². The summed E-state index contributed by atoms with van der Waals surface area (Å²) in [6.07, 6.45) is 3.73. The lowest BCUT2D eigenvalue weighted by molar-refractivity contribution is -0.120. The lowest BCUT2D eigenvalue weighted by atomic mass is 10.3. The van der Waals surface area contributed by atoms with Gasteiger partial charge < -0.3 is 9.64 Å². The van der Waals surface area contributed by atoms with Crippen molar-refractivity contribution in [1.29, 1.82) is 0 Å². The lowest BCUT2D eigenvalue weighted by Crippen LogP contribution is -2.35. The molecule has 0 unspecified atom stereocenters. The molecular weight excluding hydrogens is 495 g/mol. The number of unbranched alkanes of at least 4 members (excludes halogenated alkanes) is 2. The highest BCUT2D eigenvalue weighted by molar-refractivity contribution is 8.30. The van der Waals surface area contributed by atoms with Gasteiger partial charge in [-0.25, -0.2) is 0 Å². The monoisotopic (exact) mass is 521 g/mol. The summed E-state index contributed by atoms with van der Waals surface area (Å²) in [5.74, 6) is 0.695. The van der Waals surface area contributed by atoms with E-state index < -0.39 is 0 Å². The van der Waals surface area contributed by atoms with Gasteiger partial charge >= 0.3 is 0 Å². The molecule has 1 amide bonds. The Morgan fingerprint density at radius 1 is 1.06 bits per heavy atom. The van der Waals surface area contributed by atoms with Crippen LogP contribution >= 0.6 is 47.1 Å². The first kappa shape index (κ1) is 24.4. The van der Waals surface area contributed by atoms with E-state index in [4.69, 9.17) is 17.0 Å². The van der Waals surface area contributed by atoms with E-state index in [1.807, 2.05) is 30.1 Å². The van der Waals surface area contributed by atoms with Crippen molar-refractivity contribution >= 4 is 72.9 Å². The molecule has 0 atom stereocenters. The molecule has 1 fully saturated rings. The Bertz CT molecular complexity index is 1280. The average molecular weight is 522 g/mol. The fourth-order valence-corrected chi connectivity index (χ4v) is 7.64. The predicted molar refractivity (Wildman–Crippen MR) is 144 cm³/mol. The van der Waals surface area contributed by atoms with Crippen molar-refractivity contribution in [2.24, 2.45) is 0 Å². The molecule has 4 rings (SSSR count). The van der Waals surface area contributed by atoms with Gasteiger partial charge in [0.1, 0.15) is 29.2 Å². The Hall–Kier alpha value is -1.75. The van der Waals surface area contributed by atoms with Gasteiger partial charge in [-0.1, -0.05) is 62.4 Å². The van der Waals surface area contributed by atoms with Gasteiger partial charge in [-0.05, 0) is 25.0 Å². The number of carbonyl (C=O) groups is 1. The summed E-state index contributed by atoms with van der Waals surface area (Å²) in [5.41, 5.74) is 0.964. The van der Waals surface area contributed by atoms with E-state index >= 15 is 0 Å². The van der Waals surface area contributed by atoms with Gasteiger partial charge in [-0.3, -0.25) is 19.1 Å². The lowest BCUT2D eigenvalue weighted by Gasteiger charge is -2.13. The van der Waals surface area contributed by atoms with Crippen molar-refractivity contribution in [2.75, 3.05) is 25.6 Å². The molecule has 2 aromatic rings. The molecule has 0 saturated carbocycles. The van der Waals surface area contributed by atoms with Gasteiger partial charge in [0.25, 0.3) is 11.5 Å². The SMILES string of the molecule is CCCCN1C(=O)C(=c2sc(=C3Sc4ccc(OC)cc4N3C)c(=O)n2CCCC)SC1=S. The number of thiocarbonyl (C=S) groups is 1. The number of ether oxygens (including phenoxy) is 1. The molecule has 33 heavy (non-hydrogen) atoms. The molecule has 3 heterocycles. The number of hydrogen-bond donors (Lipinski definition) is 0. The maximum absolute atomic E-state index is 13.6. The zero-order valence-electron chi connectivity index (χ0n) is 19.2. The second kappa shape index (κ2) is 10.2. The van der Waals surface area contributed by atoms with Crippen LogP contribution in [0.15, 0.2) is 27.9 Å². The Morgan fingerprint density at radius 2 is 1.79 bits per heavy atom. The van der Waals surface area contributed by atoms with Gasteiger partial charge in [0, 0.05) is 31.1 Å². The summed E-state index contributed by atoms with van der Waals surface area (Å²) in [7, 11) is 3.61. The highest BCUT2D eigenvalue weighted by Gasteiger charge is 2.34. The van der Waals surface area contributed by atoms with E-state index in [0.717, 1.165) is 51.7 Å². The molecule has 10 heteroatoms. The van der Waals surface area contributed by atoms with Gasteiger partial charge in [0.15, 0.2) is 0 Å². The molecule has 0 spiro atoms. The molecule has 0 aliphatic carbocycles. The molecule has 176 valence electrons. The third-order valence-electron chi connectivity index (χ3n) is 5.63. The van der Waals surface area contributed by atoms with E-state index in [2.05, 4.69) is 13.8 Å². The first-order chi connectivity index (χ1) is 15.9. The minimum absolute atomic E-state index is 0.0450. The number of anilines is 1. The van der Waals surface area contributed by atoms with Crippen molar-refractivity contribution in [3.8, 4) is 5.75 Å². The van der Waals surface area contributed by atoms with Crippen LogP contribution in [0.1, 0.15) is 39.5 Å². The highest BCUT2D eigenvalue weighted by Crippen LogP contribution is 2.46. The van der Waals surface area contributed by atoms with E-state index in [1.165, 1.54) is 23.1 Å². The molecule has 1 aromatic heterocycles. The number of nitrogens with zero attached hydrogens (tertiary/aromatic N) is 3. The largest absolute Gasteiger partial charge is 0.497 e. The van der Waals surface area contributed by atoms with Crippen molar-refractivity contribution in [2.45, 2.75) is 51.0 Å². The maximum Gasteiger partial charge on any atom is 0.271 e. The molecular formula is C23H27N3O3S4. The molecule has 0 N–H and O–H groups in total. The fourth-order valence-electron chi connectivity index (χ4n) is 3.72. The topological polar surface area (TPSA) is 54.8 Å². The minimum Gasteiger partial charge on any atom is -0.497 e. The van der Waals surface area contributed by atoms with E-state index in [0.29, 0.717) is 26.8 Å². The van der Waals surface area contributed by atoms with E-state index in [9.17, 15) is 9.59 Å². The zero-order chi connectivity index (χ0) is 23.7. The van der Waals surface area contributed by atoms with Crippen molar-refractivity contribution in [3.63, 3.8) is 0 Å². The molecule has 0 bridgehead atoms. The average Bonchev–Trinajstić information content (AvgIpc) is 3.41. The summed E-state index contributed by atoms with van der Waals surface area (Å²) in [5, 5.41) is 0.881. The van der Waals surface area contributed by atoms with Crippen LogP contribution in [0, 0.1) is 0 Å². The highest BCUT2D eigenvalue weighted by atomic mass is 32.2. The normalized spacial score (nSPS) is 19.0. The second-order valence-corrected chi connectivity index (χ2v) is 11.5. The maximum atomic E-state index is 13.6. The first-order valence-corrected chi connectivity index (χ1v) is 13.9. The van der Waals surface area contributed by atoms with Crippen LogP contribution < -0.4 is 24.4 Å². The smallest absolute Gasteiger partial charge is 0.271 e. The summed E-state index contributed by atoms with van der Waals surface area (Å²) in [4.78, 5) is 32.2. The van der Waals surface area contributed by atoms with Crippen LogP contribution in [-0.2, 0) is 11.3 Å². The predicted octanol–water partition coefficient (Wildman–Crippen LogP) is 3.79. The van der Waals surface area contributed by atoms with Crippen LogP contribution in [0.2, 0.25) is 0 Å². The quantitative estimate of drug-likeness (QED) is 0.514. The molecule has 0 radical (unpaired) electrons. The Kier molecular flexibility index (Phi) is 7.57. The summed E-state index contributed by atoms with van der Waals surface area (Å²) >= 11 is 9.81. The fraction of sp³-hybridized carbons (Fsp3) is 0.435. The Balaban J connectivity index is 1.88. The molecule has 1 saturated heterocycles. The van der Waals surface area contributed by atoms with E-state index in [-0.39, 0.29) is 11.5 Å². The summed E-state index contributed by atoms with van der Waals surface area (Å²) in [6, 6.07) is 5.92. The van der Waals surface area contributed by atoms with Crippen LogP contribution in [-0.4, -0.2) is 40.4 Å². The standard InChI is InChI=1S/C23H27N3O3S4/c1-5-7-11-25-19(27)17(21-24(3)15-13-14(29-4)9-10-16(15)31-21)32-22(25)18-20(28)26(12-8-6-2)23(30)33-18/h9-10,13H,5-8,11-12H2,1-4H3. The number of thioether (sulfide) groups is 2. The number of methoxy groups -OCH3 is 1. The van der Waals surface area contributed by atoms with Crippen LogP contribution in [0.4, 0.5) is 5.69 Å². The number of benzene rings is 1. The number of rotatable bonds is 7. The second-order valence-electron chi connectivity index (χ2n) is 7.85. The molecule has 6 nitrogen and oxygen atoms in total. The Labute approximate surface area is 211 Å². The third kappa shape index (κ3) is 4.50. The number of carbonyl (C=O) groups excluding carboxylic acids is 1. The van der Waals surface area contributed by atoms with Gasteiger partial charge in [-0.2, -0.15) is 0 Å². The van der Waals surface area contributed by atoms with Gasteiger partial charge in [0.2, 0.25) is 0 Å². The zero-order valence-corrected chi connectivity index (χ0v) is 22.4. The van der Waals surface area contributed by atoms with E-state index in [1.54, 1.807) is 28.3 Å². The number of thiazole rings is 1. The number of aromatic nitrogens is 1. The summed E-state index contributed by atoms with van der Waals surface area (Å²) in [6.45, 7) is 5.40. The molecule has 1 aromatic carbocycles. The van der Waals surface area contributed by atoms with Crippen LogP contribution in [0.25, 0.3) is 9.93 Å². The first-order valence-electron chi connectivity index (χ1n) is 11.0. The van der Waals surface area contributed by atoms with Crippen LogP contribution in [0.3, 0.4) is 0 Å². The number of fused-ring (bicyclic) bond motifs is 1. The summed E-state index contributed by atoms with van der Waals surface area (Å²) < 4.78 is 9.11. The Morgan fingerprint density at radius 3 is 2.48 bits per heavy atom. The van der Waals surface area contributed by atoms with Gasteiger partial charge in [0.05, 0.1) is 12.8 Å². The van der Waals surface area contributed by atoms with Crippen molar-refractivity contribution < 1.29 is 9.53 Å². The minimum atomic E-state index is -0.0815. The molecule has 2 aliphatic heterocycles.